The van der Waals surface area contributed by atoms with Crippen LogP contribution >= 0.6 is 0 Å². The van der Waals surface area contributed by atoms with Crippen molar-refractivity contribution in [1.82, 2.24) is 14.8 Å². The Morgan fingerprint density at radius 2 is 2.14 bits per heavy atom. The maximum atomic E-state index is 10.9. The van der Waals surface area contributed by atoms with E-state index in [0.717, 1.165) is 11.3 Å². The van der Waals surface area contributed by atoms with Gasteiger partial charge in [0, 0.05) is 36.3 Å². The standard InChI is InChI=1S/C15H13N5O2/c1-11-4-5-12(20(21)22)9-14(11)17-15-6-8-19(18-15)13-3-2-7-16-10-13/h2-10H,1H3,(H,17,18). The van der Waals surface area contributed by atoms with Crippen LogP contribution in [0.2, 0.25) is 0 Å². The second kappa shape index (κ2) is 5.65. The molecule has 0 fully saturated rings. The summed E-state index contributed by atoms with van der Waals surface area (Å²) in [6.45, 7) is 1.88. The van der Waals surface area contributed by atoms with Gasteiger partial charge in [0.15, 0.2) is 5.82 Å². The van der Waals surface area contributed by atoms with Gasteiger partial charge in [0.25, 0.3) is 5.69 Å². The van der Waals surface area contributed by atoms with Crippen LogP contribution in [0.15, 0.2) is 55.0 Å². The van der Waals surface area contributed by atoms with Crippen LogP contribution in [0.1, 0.15) is 5.56 Å². The largest absolute Gasteiger partial charge is 0.338 e. The lowest BCUT2D eigenvalue weighted by Crippen LogP contribution is -1.99. The highest BCUT2D eigenvalue weighted by Gasteiger charge is 2.10. The average Bonchev–Trinajstić information content (AvgIpc) is 2.99. The van der Waals surface area contributed by atoms with Crippen LogP contribution in [0.4, 0.5) is 17.2 Å². The number of nitro benzene ring substituents is 1. The monoisotopic (exact) mass is 295 g/mol. The Hall–Kier alpha value is -3.22. The van der Waals surface area contributed by atoms with E-state index in [4.69, 9.17) is 0 Å². The number of nitrogens with one attached hydrogen (secondary N) is 1. The molecule has 0 atom stereocenters. The van der Waals surface area contributed by atoms with E-state index >= 15 is 0 Å². The fourth-order valence-electron chi connectivity index (χ4n) is 2.02. The first-order chi connectivity index (χ1) is 10.6. The molecule has 22 heavy (non-hydrogen) atoms. The first-order valence-electron chi connectivity index (χ1n) is 6.61. The molecule has 0 saturated carbocycles. The van der Waals surface area contributed by atoms with Gasteiger partial charge in [0.05, 0.1) is 16.8 Å². The van der Waals surface area contributed by atoms with Gasteiger partial charge in [0.1, 0.15) is 0 Å². The number of anilines is 2. The Morgan fingerprint density at radius 1 is 1.27 bits per heavy atom. The first-order valence-corrected chi connectivity index (χ1v) is 6.61. The molecule has 2 heterocycles. The van der Waals surface area contributed by atoms with Crippen LogP contribution in [0.5, 0.6) is 0 Å². The van der Waals surface area contributed by atoms with Crippen LogP contribution in [0.3, 0.4) is 0 Å². The van der Waals surface area contributed by atoms with Gasteiger partial charge in [0.2, 0.25) is 0 Å². The third-order valence-electron chi connectivity index (χ3n) is 3.19. The molecule has 1 aromatic carbocycles. The highest BCUT2D eigenvalue weighted by molar-refractivity contribution is 5.63. The number of pyridine rings is 1. The van der Waals surface area contributed by atoms with E-state index in [1.807, 2.05) is 19.1 Å². The molecule has 0 aliphatic rings. The minimum absolute atomic E-state index is 0.0415. The van der Waals surface area contributed by atoms with Crippen molar-refractivity contribution in [3.8, 4) is 5.69 Å². The molecule has 0 aliphatic heterocycles. The minimum atomic E-state index is -0.418. The highest BCUT2D eigenvalue weighted by Crippen LogP contribution is 2.24. The number of non-ortho nitro benzene ring substituents is 1. The molecule has 0 radical (unpaired) electrons. The summed E-state index contributed by atoms with van der Waals surface area (Å²) in [6.07, 6.45) is 5.19. The van der Waals surface area contributed by atoms with Crippen molar-refractivity contribution < 1.29 is 4.92 Å². The van der Waals surface area contributed by atoms with E-state index in [2.05, 4.69) is 15.4 Å². The molecule has 7 heteroatoms. The minimum Gasteiger partial charge on any atom is -0.338 e. The Morgan fingerprint density at radius 3 is 2.86 bits per heavy atom. The smallest absolute Gasteiger partial charge is 0.271 e. The molecule has 0 bridgehead atoms. The van der Waals surface area contributed by atoms with E-state index < -0.39 is 4.92 Å². The fourth-order valence-corrected chi connectivity index (χ4v) is 2.02. The molecule has 3 aromatic rings. The Bertz CT molecular complexity index is 814. The number of aryl methyl sites for hydroxylation is 1. The van der Waals surface area contributed by atoms with Crippen molar-refractivity contribution in [3.63, 3.8) is 0 Å². The number of benzene rings is 1. The van der Waals surface area contributed by atoms with Crippen LogP contribution in [-0.4, -0.2) is 19.7 Å². The van der Waals surface area contributed by atoms with Crippen molar-refractivity contribution in [1.29, 1.82) is 0 Å². The Balaban J connectivity index is 1.87. The maximum absolute atomic E-state index is 10.9. The van der Waals surface area contributed by atoms with Crippen molar-refractivity contribution in [3.05, 3.63) is 70.7 Å². The summed E-state index contributed by atoms with van der Waals surface area (Å²) in [5, 5.41) is 18.3. The molecular weight excluding hydrogens is 282 g/mol. The lowest BCUT2D eigenvalue weighted by Gasteiger charge is -2.06. The van der Waals surface area contributed by atoms with Gasteiger partial charge < -0.3 is 5.32 Å². The summed E-state index contributed by atoms with van der Waals surface area (Å²) in [5.41, 5.74) is 2.44. The van der Waals surface area contributed by atoms with Crippen molar-refractivity contribution >= 4 is 17.2 Å². The predicted octanol–water partition coefficient (Wildman–Crippen LogP) is 3.23. The zero-order valence-electron chi connectivity index (χ0n) is 11.8. The number of nitro groups is 1. The molecule has 0 unspecified atom stereocenters. The summed E-state index contributed by atoms with van der Waals surface area (Å²) in [4.78, 5) is 14.5. The van der Waals surface area contributed by atoms with Crippen LogP contribution in [0.25, 0.3) is 5.69 Å². The summed E-state index contributed by atoms with van der Waals surface area (Å²) < 4.78 is 1.68. The fraction of sp³-hybridized carbons (Fsp3) is 0.0667. The lowest BCUT2D eigenvalue weighted by molar-refractivity contribution is -0.384. The number of nitrogens with zero attached hydrogens (tertiary/aromatic N) is 4. The molecule has 0 aliphatic carbocycles. The van der Waals surface area contributed by atoms with Crippen LogP contribution in [0, 0.1) is 17.0 Å². The molecule has 2 aromatic heterocycles. The average molecular weight is 295 g/mol. The van der Waals surface area contributed by atoms with Crippen molar-refractivity contribution in [2.75, 3.05) is 5.32 Å². The SMILES string of the molecule is Cc1ccc([N+](=O)[O-])cc1Nc1ccn(-c2cccnc2)n1. The van der Waals surface area contributed by atoms with Crippen LogP contribution in [-0.2, 0) is 0 Å². The topological polar surface area (TPSA) is 85.9 Å². The summed E-state index contributed by atoms with van der Waals surface area (Å²) in [6, 6.07) is 10.2. The van der Waals surface area contributed by atoms with Gasteiger partial charge in [-0.2, -0.15) is 5.10 Å². The first kappa shape index (κ1) is 13.7. The number of rotatable bonds is 4. The zero-order chi connectivity index (χ0) is 15.5. The third-order valence-corrected chi connectivity index (χ3v) is 3.19. The molecule has 0 spiro atoms. The van der Waals surface area contributed by atoms with E-state index in [-0.39, 0.29) is 5.69 Å². The molecule has 110 valence electrons. The lowest BCUT2D eigenvalue weighted by atomic mass is 10.2. The van der Waals surface area contributed by atoms with Gasteiger partial charge in [-0.15, -0.1) is 0 Å². The molecule has 7 nitrogen and oxygen atoms in total. The van der Waals surface area contributed by atoms with Gasteiger partial charge in [-0.1, -0.05) is 6.07 Å². The van der Waals surface area contributed by atoms with E-state index in [0.29, 0.717) is 11.5 Å². The van der Waals surface area contributed by atoms with E-state index in [1.165, 1.54) is 12.1 Å². The highest BCUT2D eigenvalue weighted by atomic mass is 16.6. The van der Waals surface area contributed by atoms with Crippen LogP contribution < -0.4 is 5.32 Å². The molecule has 3 rings (SSSR count). The quantitative estimate of drug-likeness (QED) is 0.590. The van der Waals surface area contributed by atoms with Crippen molar-refractivity contribution in [2.45, 2.75) is 6.92 Å². The second-order valence-corrected chi connectivity index (χ2v) is 4.74. The summed E-state index contributed by atoms with van der Waals surface area (Å²) in [7, 11) is 0. The molecule has 0 saturated heterocycles. The zero-order valence-corrected chi connectivity index (χ0v) is 11.8. The van der Waals surface area contributed by atoms with E-state index in [9.17, 15) is 10.1 Å². The third kappa shape index (κ3) is 2.78. The maximum Gasteiger partial charge on any atom is 0.271 e. The number of hydrogen-bond donors (Lipinski definition) is 1. The number of aromatic nitrogens is 3. The summed E-state index contributed by atoms with van der Waals surface area (Å²) in [5.74, 6) is 0.604. The Kier molecular flexibility index (Phi) is 3.53. The van der Waals surface area contributed by atoms with Gasteiger partial charge in [-0.05, 0) is 24.6 Å². The molecule has 1 N–H and O–H groups in total. The second-order valence-electron chi connectivity index (χ2n) is 4.74. The van der Waals surface area contributed by atoms with E-state index in [1.54, 1.807) is 35.4 Å². The summed E-state index contributed by atoms with van der Waals surface area (Å²) >= 11 is 0. The van der Waals surface area contributed by atoms with Gasteiger partial charge in [-0.3, -0.25) is 15.1 Å². The number of hydrogen-bond acceptors (Lipinski definition) is 5. The molecular formula is C15H13N5O2. The van der Waals surface area contributed by atoms with Gasteiger partial charge in [-0.25, -0.2) is 4.68 Å². The Labute approximate surface area is 126 Å². The predicted molar refractivity (Wildman–Crippen MR) is 82.5 cm³/mol. The van der Waals surface area contributed by atoms with Gasteiger partial charge >= 0.3 is 0 Å². The molecule has 0 amide bonds. The van der Waals surface area contributed by atoms with Crippen molar-refractivity contribution in [2.24, 2.45) is 0 Å². The normalized spacial score (nSPS) is 10.4.